The van der Waals surface area contributed by atoms with Crippen LogP contribution in [0.2, 0.25) is 0 Å². The minimum absolute atomic E-state index is 0.0206. The number of hydrazine groups is 1. The van der Waals surface area contributed by atoms with E-state index in [0.717, 1.165) is 18.3 Å². The fourth-order valence-electron chi connectivity index (χ4n) is 4.23. The van der Waals surface area contributed by atoms with Gasteiger partial charge in [0.1, 0.15) is 22.9 Å². The fraction of sp³-hybridized carbons (Fsp3) is 0.276. The summed E-state index contributed by atoms with van der Waals surface area (Å²) in [5, 5.41) is 6.83. The summed E-state index contributed by atoms with van der Waals surface area (Å²) in [5.41, 5.74) is 2.44. The fourth-order valence-corrected chi connectivity index (χ4v) is 4.67. The standard InChI is InChI=1S/C29H28F5N5O4S/c1-16(35-26(41)28(13-14-28)37-27(42)29(32,33)34)21-12-7-18(15-24(21)31)22-5-4-6-23(30)25(22)38-39(3)44-43-20-10-8-19(9-11-20)36-17(2)40/h4-12,15-16,38H,13-14H2,1-3H3,(H,35,41)(H,36,40)(H,37,42). The number of alkyl halides is 3. The second kappa shape index (κ2) is 13.1. The molecule has 1 aliphatic carbocycles. The van der Waals surface area contributed by atoms with Gasteiger partial charge >= 0.3 is 12.1 Å². The lowest BCUT2D eigenvalue weighted by molar-refractivity contribution is -0.175. The zero-order valence-corrected chi connectivity index (χ0v) is 24.5. The van der Waals surface area contributed by atoms with Gasteiger partial charge in [0.25, 0.3) is 0 Å². The predicted molar refractivity (Wildman–Crippen MR) is 155 cm³/mol. The summed E-state index contributed by atoms with van der Waals surface area (Å²) in [6.45, 7) is 2.84. The van der Waals surface area contributed by atoms with Crippen LogP contribution in [0.3, 0.4) is 0 Å². The average Bonchev–Trinajstić information content (AvgIpc) is 3.73. The Morgan fingerprint density at radius 2 is 1.68 bits per heavy atom. The highest BCUT2D eigenvalue weighted by Crippen LogP contribution is 2.38. The van der Waals surface area contributed by atoms with Crippen LogP contribution in [-0.2, 0) is 14.4 Å². The lowest BCUT2D eigenvalue weighted by atomic mass is 9.99. The number of amides is 3. The molecule has 0 radical (unpaired) electrons. The first-order chi connectivity index (χ1) is 20.7. The molecule has 1 atom stereocenters. The zero-order valence-electron chi connectivity index (χ0n) is 23.6. The molecule has 0 saturated heterocycles. The first-order valence-corrected chi connectivity index (χ1v) is 13.9. The number of anilines is 2. The van der Waals surface area contributed by atoms with E-state index in [-0.39, 0.29) is 30.0 Å². The van der Waals surface area contributed by atoms with Crippen LogP contribution in [-0.4, -0.2) is 40.9 Å². The van der Waals surface area contributed by atoms with E-state index in [4.69, 9.17) is 4.18 Å². The van der Waals surface area contributed by atoms with Crippen molar-refractivity contribution in [2.75, 3.05) is 17.8 Å². The molecule has 0 bridgehead atoms. The molecule has 1 fully saturated rings. The van der Waals surface area contributed by atoms with Gasteiger partial charge in [0, 0.05) is 30.8 Å². The van der Waals surface area contributed by atoms with E-state index in [9.17, 15) is 31.9 Å². The van der Waals surface area contributed by atoms with Crippen molar-refractivity contribution >= 4 is 41.3 Å². The number of nitrogens with one attached hydrogen (secondary N) is 4. The monoisotopic (exact) mass is 637 g/mol. The highest BCUT2D eigenvalue weighted by molar-refractivity contribution is 7.92. The third kappa shape index (κ3) is 7.96. The number of carbonyl (C=O) groups is 3. The molecule has 3 aromatic carbocycles. The molecule has 4 N–H and O–H groups in total. The summed E-state index contributed by atoms with van der Waals surface area (Å²) < 4.78 is 75.2. The Morgan fingerprint density at radius 1 is 1.00 bits per heavy atom. The third-order valence-corrected chi connectivity index (χ3v) is 7.21. The highest BCUT2D eigenvalue weighted by atomic mass is 32.2. The minimum Gasteiger partial charge on any atom is -0.408 e. The minimum atomic E-state index is -5.14. The molecule has 15 heteroatoms. The van der Waals surface area contributed by atoms with Crippen LogP contribution >= 0.6 is 12.2 Å². The Hall–Kier alpha value is -4.37. The zero-order chi connectivity index (χ0) is 32.2. The Kier molecular flexibility index (Phi) is 9.69. The van der Waals surface area contributed by atoms with Crippen molar-refractivity contribution in [2.24, 2.45) is 0 Å². The van der Waals surface area contributed by atoms with E-state index in [1.165, 1.54) is 42.5 Å². The van der Waals surface area contributed by atoms with Gasteiger partial charge in [0.2, 0.25) is 11.8 Å². The molecule has 1 unspecified atom stereocenters. The molecule has 0 aromatic heterocycles. The molecular formula is C29H28F5N5O4S. The largest absolute Gasteiger partial charge is 0.471 e. The first kappa shape index (κ1) is 32.5. The van der Waals surface area contributed by atoms with Gasteiger partial charge in [-0.2, -0.15) is 13.2 Å². The second-order valence-corrected chi connectivity index (χ2v) is 11.0. The number of para-hydroxylation sites is 1. The summed E-state index contributed by atoms with van der Waals surface area (Å²) in [4.78, 5) is 35.2. The van der Waals surface area contributed by atoms with E-state index in [0.29, 0.717) is 22.6 Å². The van der Waals surface area contributed by atoms with Crippen LogP contribution in [0.1, 0.15) is 38.3 Å². The molecule has 1 saturated carbocycles. The number of benzene rings is 3. The van der Waals surface area contributed by atoms with Gasteiger partial charge in [-0.1, -0.05) is 24.3 Å². The lowest BCUT2D eigenvalue weighted by Gasteiger charge is -2.22. The van der Waals surface area contributed by atoms with Crippen LogP contribution < -0.4 is 25.6 Å². The Bertz CT molecular complexity index is 1550. The van der Waals surface area contributed by atoms with Crippen molar-refractivity contribution < 1.29 is 40.5 Å². The number of nitrogens with zero attached hydrogens (tertiary/aromatic N) is 1. The molecular weight excluding hydrogens is 609 g/mol. The lowest BCUT2D eigenvalue weighted by Crippen LogP contribution is -2.53. The van der Waals surface area contributed by atoms with Gasteiger partial charge in [-0.05, 0) is 61.7 Å². The maximum absolute atomic E-state index is 15.3. The summed E-state index contributed by atoms with van der Waals surface area (Å²) in [6.07, 6.45) is -5.10. The Balaban J connectivity index is 1.42. The van der Waals surface area contributed by atoms with Crippen LogP contribution in [0, 0.1) is 11.6 Å². The maximum atomic E-state index is 15.3. The van der Waals surface area contributed by atoms with Gasteiger partial charge in [-0.25, -0.2) is 8.78 Å². The summed E-state index contributed by atoms with van der Waals surface area (Å²) in [6, 6.07) is 13.9. The molecule has 234 valence electrons. The van der Waals surface area contributed by atoms with Crippen molar-refractivity contribution in [1.29, 1.82) is 0 Å². The molecule has 0 heterocycles. The maximum Gasteiger partial charge on any atom is 0.471 e. The van der Waals surface area contributed by atoms with Crippen LogP contribution in [0.4, 0.5) is 33.3 Å². The normalized spacial score (nSPS) is 14.4. The topological polar surface area (TPSA) is 112 Å². The molecule has 3 amide bonds. The molecule has 0 spiro atoms. The molecule has 3 aromatic rings. The Labute approximate surface area is 253 Å². The summed E-state index contributed by atoms with van der Waals surface area (Å²) >= 11 is 0.849. The predicted octanol–water partition coefficient (Wildman–Crippen LogP) is 5.88. The van der Waals surface area contributed by atoms with E-state index in [1.54, 1.807) is 42.7 Å². The van der Waals surface area contributed by atoms with Gasteiger partial charge < -0.3 is 25.6 Å². The van der Waals surface area contributed by atoms with Crippen molar-refractivity contribution in [3.8, 4) is 16.9 Å². The highest BCUT2D eigenvalue weighted by Gasteiger charge is 2.55. The van der Waals surface area contributed by atoms with Gasteiger partial charge in [0.05, 0.1) is 11.7 Å². The number of hydrogen-bond donors (Lipinski definition) is 4. The van der Waals surface area contributed by atoms with Crippen molar-refractivity contribution in [1.82, 2.24) is 15.0 Å². The molecule has 0 aliphatic heterocycles. The van der Waals surface area contributed by atoms with E-state index in [2.05, 4.69) is 16.1 Å². The SMILES string of the molecule is CC(=O)Nc1ccc(OSN(C)Nc2c(F)cccc2-c2ccc(C(C)NC(=O)C3(NC(=O)C(F)(F)F)CC3)c(F)c2)cc1. The number of hydrogen-bond acceptors (Lipinski definition) is 7. The number of rotatable bonds is 11. The van der Waals surface area contributed by atoms with Crippen LogP contribution in [0.15, 0.2) is 60.7 Å². The van der Waals surface area contributed by atoms with Crippen LogP contribution in [0.25, 0.3) is 11.1 Å². The van der Waals surface area contributed by atoms with E-state index >= 15 is 4.39 Å². The number of halogens is 5. The van der Waals surface area contributed by atoms with Gasteiger partial charge in [0.15, 0.2) is 12.2 Å². The summed E-state index contributed by atoms with van der Waals surface area (Å²) in [7, 11) is 1.57. The van der Waals surface area contributed by atoms with E-state index in [1.807, 2.05) is 0 Å². The summed E-state index contributed by atoms with van der Waals surface area (Å²) in [5.74, 6) is -4.20. The number of carbonyl (C=O) groups excluding carboxylic acids is 3. The molecule has 44 heavy (non-hydrogen) atoms. The average molecular weight is 638 g/mol. The van der Waals surface area contributed by atoms with Gasteiger partial charge in [-0.3, -0.25) is 14.4 Å². The van der Waals surface area contributed by atoms with Gasteiger partial charge in [-0.15, -0.1) is 4.41 Å². The van der Waals surface area contributed by atoms with Crippen molar-refractivity contribution in [2.45, 2.75) is 44.4 Å². The smallest absolute Gasteiger partial charge is 0.408 e. The van der Waals surface area contributed by atoms with Crippen molar-refractivity contribution in [3.05, 3.63) is 77.9 Å². The quantitative estimate of drug-likeness (QED) is 0.0900. The Morgan fingerprint density at radius 3 is 2.27 bits per heavy atom. The third-order valence-electron chi connectivity index (χ3n) is 6.62. The second-order valence-electron chi connectivity index (χ2n) is 10.1. The molecule has 1 aliphatic rings. The van der Waals surface area contributed by atoms with Crippen LogP contribution in [0.5, 0.6) is 5.75 Å². The molecule has 4 rings (SSSR count). The van der Waals surface area contributed by atoms with E-state index < -0.39 is 41.2 Å². The van der Waals surface area contributed by atoms with Crippen molar-refractivity contribution in [3.63, 3.8) is 0 Å². The molecule has 9 nitrogen and oxygen atoms in total. The first-order valence-electron chi connectivity index (χ1n) is 13.2.